The predicted octanol–water partition coefficient (Wildman–Crippen LogP) is 3.29. The van der Waals surface area contributed by atoms with Gasteiger partial charge in [0, 0.05) is 32.0 Å². The number of carbonyl (C=O) groups excluding carboxylic acids is 1. The molecule has 0 spiro atoms. The first-order chi connectivity index (χ1) is 14.0. The van der Waals surface area contributed by atoms with E-state index in [0.29, 0.717) is 31.5 Å². The van der Waals surface area contributed by atoms with Crippen molar-refractivity contribution in [2.45, 2.75) is 45.4 Å². The lowest BCUT2D eigenvalue weighted by atomic mass is 9.97. The molecule has 0 aliphatic carbocycles. The van der Waals surface area contributed by atoms with Gasteiger partial charge in [-0.3, -0.25) is 0 Å². The first-order valence-corrected chi connectivity index (χ1v) is 9.46. The van der Waals surface area contributed by atoms with E-state index in [2.05, 4.69) is 29.9 Å². The maximum absolute atomic E-state index is 12.6. The van der Waals surface area contributed by atoms with E-state index < -0.39 is 23.8 Å². The van der Waals surface area contributed by atoms with Crippen molar-refractivity contribution >= 4 is 12.0 Å². The Morgan fingerprint density at radius 2 is 1.87 bits per heavy atom. The summed E-state index contributed by atoms with van der Waals surface area (Å²) in [5, 5.41) is 6.11. The Kier molecular flexibility index (Phi) is 6.13. The Morgan fingerprint density at radius 3 is 2.40 bits per heavy atom. The lowest BCUT2D eigenvalue weighted by Crippen LogP contribution is -2.40. The van der Waals surface area contributed by atoms with Crippen LogP contribution in [0.5, 0.6) is 0 Å². The fourth-order valence-electron chi connectivity index (χ4n) is 2.93. The number of nitrogens with zero attached hydrogens (tertiary/aromatic N) is 5. The molecule has 3 heterocycles. The van der Waals surface area contributed by atoms with Gasteiger partial charge in [0.1, 0.15) is 5.60 Å². The van der Waals surface area contributed by atoms with E-state index in [1.165, 1.54) is 12.4 Å². The summed E-state index contributed by atoms with van der Waals surface area (Å²) in [5.74, 6) is -0.852. The van der Waals surface area contributed by atoms with Crippen molar-refractivity contribution in [1.82, 2.24) is 25.4 Å². The minimum absolute atomic E-state index is 0.221. The molecule has 0 saturated carbocycles. The minimum atomic E-state index is -4.70. The minimum Gasteiger partial charge on any atom is -0.444 e. The molecular formula is C18H23F3N6O3. The van der Waals surface area contributed by atoms with Crippen LogP contribution < -0.4 is 10.2 Å². The van der Waals surface area contributed by atoms with Crippen LogP contribution in [0.1, 0.15) is 39.5 Å². The van der Waals surface area contributed by atoms with Crippen LogP contribution in [0.25, 0.3) is 11.4 Å². The molecule has 9 nitrogen and oxygen atoms in total. The third kappa shape index (κ3) is 5.80. The number of alkyl halides is 3. The van der Waals surface area contributed by atoms with Crippen molar-refractivity contribution < 1.29 is 27.2 Å². The topological polar surface area (TPSA) is 106 Å². The van der Waals surface area contributed by atoms with Crippen LogP contribution in [-0.4, -0.2) is 51.4 Å². The largest absolute Gasteiger partial charge is 0.471 e. The molecule has 1 saturated heterocycles. The normalized spacial score (nSPS) is 15.9. The monoisotopic (exact) mass is 428 g/mol. The van der Waals surface area contributed by atoms with Gasteiger partial charge in [0.25, 0.3) is 0 Å². The summed E-state index contributed by atoms with van der Waals surface area (Å²) in [4.78, 5) is 25.5. The molecule has 164 valence electrons. The molecule has 3 rings (SSSR count). The molecule has 1 aliphatic rings. The van der Waals surface area contributed by atoms with E-state index >= 15 is 0 Å². The number of carbonyl (C=O) groups is 1. The van der Waals surface area contributed by atoms with Gasteiger partial charge in [0.2, 0.25) is 11.8 Å². The molecule has 2 aromatic rings. The highest BCUT2D eigenvalue weighted by atomic mass is 19.4. The van der Waals surface area contributed by atoms with Crippen molar-refractivity contribution in [3.05, 3.63) is 18.3 Å². The Labute approximate surface area is 171 Å². The van der Waals surface area contributed by atoms with Gasteiger partial charge in [-0.25, -0.2) is 14.8 Å². The molecule has 12 heteroatoms. The summed E-state index contributed by atoms with van der Waals surface area (Å²) in [6, 6.07) is 0. The maximum atomic E-state index is 12.6. The van der Waals surface area contributed by atoms with Gasteiger partial charge in [0.05, 0.1) is 5.56 Å². The number of halogens is 3. The van der Waals surface area contributed by atoms with Crippen molar-refractivity contribution in [3.63, 3.8) is 0 Å². The summed E-state index contributed by atoms with van der Waals surface area (Å²) >= 11 is 0. The van der Waals surface area contributed by atoms with E-state index in [-0.39, 0.29) is 11.4 Å². The molecule has 1 N–H and O–H groups in total. The molecule has 0 aromatic carbocycles. The Morgan fingerprint density at radius 1 is 1.23 bits per heavy atom. The lowest BCUT2D eigenvalue weighted by molar-refractivity contribution is -0.159. The summed E-state index contributed by atoms with van der Waals surface area (Å²) < 4.78 is 47.1. The van der Waals surface area contributed by atoms with Crippen molar-refractivity contribution in [2.75, 3.05) is 24.5 Å². The molecule has 1 fully saturated rings. The van der Waals surface area contributed by atoms with Gasteiger partial charge in [-0.2, -0.15) is 18.2 Å². The molecule has 0 unspecified atom stereocenters. The number of alkyl carbamates (subject to hydrolysis) is 1. The average Bonchev–Trinajstić information content (AvgIpc) is 3.16. The number of amides is 1. The number of aromatic nitrogens is 4. The van der Waals surface area contributed by atoms with Gasteiger partial charge in [0.15, 0.2) is 0 Å². The molecule has 0 atom stereocenters. The maximum Gasteiger partial charge on any atom is 0.471 e. The second-order valence-electron chi connectivity index (χ2n) is 8.01. The first-order valence-electron chi connectivity index (χ1n) is 9.46. The molecule has 1 aliphatic heterocycles. The lowest BCUT2D eigenvalue weighted by Gasteiger charge is -2.32. The van der Waals surface area contributed by atoms with Crippen LogP contribution in [-0.2, 0) is 10.9 Å². The van der Waals surface area contributed by atoms with Gasteiger partial charge in [-0.05, 0) is 39.5 Å². The zero-order valence-corrected chi connectivity index (χ0v) is 16.9. The second kappa shape index (κ2) is 8.44. The summed E-state index contributed by atoms with van der Waals surface area (Å²) in [6.07, 6.45) is -0.734. The number of hydrogen-bond donors (Lipinski definition) is 1. The van der Waals surface area contributed by atoms with E-state index in [4.69, 9.17) is 4.74 Å². The van der Waals surface area contributed by atoms with Crippen molar-refractivity contribution in [2.24, 2.45) is 5.92 Å². The summed E-state index contributed by atoms with van der Waals surface area (Å²) in [7, 11) is 0. The predicted molar refractivity (Wildman–Crippen MR) is 99.5 cm³/mol. The number of rotatable bonds is 4. The van der Waals surface area contributed by atoms with Gasteiger partial charge < -0.3 is 19.5 Å². The smallest absolute Gasteiger partial charge is 0.444 e. The van der Waals surface area contributed by atoms with Crippen LogP contribution in [0.15, 0.2) is 16.9 Å². The molecule has 0 bridgehead atoms. The van der Waals surface area contributed by atoms with Crippen LogP contribution >= 0.6 is 0 Å². The SMILES string of the molecule is CC(C)(C)OC(=O)NCC1CCN(c2ncc(-c3noc(C(F)(F)F)n3)cn2)CC1. The number of anilines is 1. The zero-order valence-electron chi connectivity index (χ0n) is 16.9. The Bertz CT molecular complexity index is 855. The van der Waals surface area contributed by atoms with E-state index in [9.17, 15) is 18.0 Å². The molecule has 0 radical (unpaired) electrons. The van der Waals surface area contributed by atoms with E-state index in [1.807, 2.05) is 25.7 Å². The van der Waals surface area contributed by atoms with E-state index in [0.717, 1.165) is 12.8 Å². The Balaban J connectivity index is 1.50. The molecule has 2 aromatic heterocycles. The van der Waals surface area contributed by atoms with Gasteiger partial charge in [-0.15, -0.1) is 0 Å². The van der Waals surface area contributed by atoms with Crippen LogP contribution in [0.4, 0.5) is 23.9 Å². The average molecular weight is 428 g/mol. The molecule has 1 amide bonds. The number of piperidine rings is 1. The quantitative estimate of drug-likeness (QED) is 0.791. The van der Waals surface area contributed by atoms with Gasteiger partial charge >= 0.3 is 18.2 Å². The zero-order chi connectivity index (χ0) is 21.9. The number of nitrogens with one attached hydrogen (secondary N) is 1. The van der Waals surface area contributed by atoms with Crippen molar-refractivity contribution in [1.29, 1.82) is 0 Å². The van der Waals surface area contributed by atoms with Crippen LogP contribution in [0.3, 0.4) is 0 Å². The highest BCUT2D eigenvalue weighted by molar-refractivity contribution is 5.67. The fourth-order valence-corrected chi connectivity index (χ4v) is 2.93. The van der Waals surface area contributed by atoms with Crippen molar-refractivity contribution in [3.8, 4) is 11.4 Å². The standard InChI is InChI=1S/C18H23F3N6O3/c1-17(2,3)29-16(28)24-8-11-4-6-27(7-5-11)15-22-9-12(10-23-15)13-25-14(30-26-13)18(19,20)21/h9-11H,4-8H2,1-3H3,(H,24,28). The number of ether oxygens (including phenoxy) is 1. The summed E-state index contributed by atoms with van der Waals surface area (Å²) in [5.41, 5.74) is -0.304. The van der Waals surface area contributed by atoms with Gasteiger partial charge in [-0.1, -0.05) is 5.16 Å². The fraction of sp³-hybridized carbons (Fsp3) is 0.611. The highest BCUT2D eigenvalue weighted by Gasteiger charge is 2.38. The summed E-state index contributed by atoms with van der Waals surface area (Å²) in [6.45, 7) is 7.35. The molecular weight excluding hydrogens is 405 g/mol. The van der Waals surface area contributed by atoms with E-state index in [1.54, 1.807) is 0 Å². The Hall–Kier alpha value is -2.92. The van der Waals surface area contributed by atoms with Crippen LogP contribution in [0, 0.1) is 5.92 Å². The molecule has 30 heavy (non-hydrogen) atoms. The second-order valence-corrected chi connectivity index (χ2v) is 8.01. The third-order valence-corrected chi connectivity index (χ3v) is 4.40. The highest BCUT2D eigenvalue weighted by Crippen LogP contribution is 2.29. The van der Waals surface area contributed by atoms with Crippen LogP contribution in [0.2, 0.25) is 0 Å². The third-order valence-electron chi connectivity index (χ3n) is 4.40. The first kappa shape index (κ1) is 21.8. The number of hydrogen-bond acceptors (Lipinski definition) is 8.